The molecule has 4 nitrogen and oxygen atoms in total. The third-order valence-corrected chi connectivity index (χ3v) is 1.42. The van der Waals surface area contributed by atoms with Gasteiger partial charge in [0.2, 0.25) is 0 Å². The fourth-order valence-electron chi connectivity index (χ4n) is 0.874. The minimum atomic E-state index is 1.71. The van der Waals surface area contributed by atoms with Crippen molar-refractivity contribution in [1.82, 2.24) is 19.6 Å². The highest BCUT2D eigenvalue weighted by atomic mass is 15.3. The number of nitrogens with zero attached hydrogens (tertiary/aromatic N) is 4. The maximum absolute atomic E-state index is 4.00. The molecule has 0 aromatic carbocycles. The van der Waals surface area contributed by atoms with Crippen molar-refractivity contribution in [1.29, 1.82) is 0 Å². The van der Waals surface area contributed by atoms with Crippen LogP contribution in [0.1, 0.15) is 0 Å². The van der Waals surface area contributed by atoms with Crippen molar-refractivity contribution in [3.05, 3.63) is 36.9 Å². The fourth-order valence-corrected chi connectivity index (χ4v) is 0.874. The van der Waals surface area contributed by atoms with Gasteiger partial charge >= 0.3 is 0 Å². The number of hydrogen-bond acceptors (Lipinski definition) is 2. The molecule has 0 spiro atoms. The van der Waals surface area contributed by atoms with Crippen LogP contribution in [-0.2, 0) is 0 Å². The first kappa shape index (κ1) is 6.84. The first-order chi connectivity index (χ1) is 5.95. The van der Waals surface area contributed by atoms with Gasteiger partial charge in [-0.05, 0) is 12.1 Å². The molecule has 0 atom stereocenters. The average molecular weight is 160 g/mol. The molecule has 0 bridgehead atoms. The molecular weight excluding hydrogens is 152 g/mol. The summed E-state index contributed by atoms with van der Waals surface area (Å²) in [5.74, 6) is 0. The van der Waals surface area contributed by atoms with Gasteiger partial charge in [-0.3, -0.25) is 0 Å². The van der Waals surface area contributed by atoms with Crippen molar-refractivity contribution in [3.8, 4) is 0 Å². The summed E-state index contributed by atoms with van der Waals surface area (Å²) in [6.45, 7) is 0. The molecule has 2 aromatic heterocycles. The van der Waals surface area contributed by atoms with Gasteiger partial charge in [0.25, 0.3) is 0 Å². The quantitative estimate of drug-likeness (QED) is 0.661. The Morgan fingerprint density at radius 3 is 1.67 bits per heavy atom. The number of aromatic nitrogens is 4. The normalized spacial score (nSPS) is 11.0. The molecule has 0 N–H and O–H groups in total. The highest BCUT2D eigenvalue weighted by molar-refractivity contribution is 5.41. The largest absolute Gasteiger partial charge is 0.247 e. The average Bonchev–Trinajstić information content (AvgIpc) is 2.74. The molecule has 0 aliphatic carbocycles. The van der Waals surface area contributed by atoms with E-state index in [2.05, 4.69) is 10.2 Å². The molecule has 0 radical (unpaired) electrons. The van der Waals surface area contributed by atoms with Crippen molar-refractivity contribution in [2.24, 2.45) is 0 Å². The maximum atomic E-state index is 4.00. The van der Waals surface area contributed by atoms with E-state index in [9.17, 15) is 0 Å². The second-order valence-electron chi connectivity index (χ2n) is 2.27. The van der Waals surface area contributed by atoms with Gasteiger partial charge in [-0.2, -0.15) is 10.2 Å². The van der Waals surface area contributed by atoms with Gasteiger partial charge in [-0.1, -0.05) is 0 Å². The molecule has 2 aromatic rings. The molecule has 0 fully saturated rings. The maximum Gasteiger partial charge on any atom is 0.0493 e. The molecule has 0 saturated carbocycles. The van der Waals surface area contributed by atoms with E-state index in [0.29, 0.717) is 0 Å². The Morgan fingerprint density at radius 2 is 1.33 bits per heavy atom. The smallest absolute Gasteiger partial charge is 0.0493 e. The molecule has 0 saturated heterocycles. The molecule has 60 valence electrons. The second-order valence-corrected chi connectivity index (χ2v) is 2.27. The predicted octanol–water partition coefficient (Wildman–Crippen LogP) is 1.16. The van der Waals surface area contributed by atoms with Gasteiger partial charge < -0.3 is 0 Å². The van der Waals surface area contributed by atoms with Gasteiger partial charge in [0, 0.05) is 37.2 Å². The van der Waals surface area contributed by atoms with E-state index < -0.39 is 0 Å². The van der Waals surface area contributed by atoms with E-state index in [1.54, 1.807) is 21.8 Å². The van der Waals surface area contributed by atoms with Gasteiger partial charge in [-0.25, -0.2) is 9.36 Å². The number of hydrogen-bond donors (Lipinski definition) is 0. The molecule has 4 heteroatoms. The SMILES string of the molecule is C(=C/n1cccn1)/n1cccn1. The summed E-state index contributed by atoms with van der Waals surface area (Å²) in [6, 6.07) is 3.74. The molecule has 0 amide bonds. The van der Waals surface area contributed by atoms with Gasteiger partial charge in [0.05, 0.1) is 0 Å². The van der Waals surface area contributed by atoms with E-state index in [1.165, 1.54) is 0 Å². The molecule has 2 rings (SSSR count). The van der Waals surface area contributed by atoms with Crippen LogP contribution in [0.25, 0.3) is 12.4 Å². The monoisotopic (exact) mass is 160 g/mol. The lowest BCUT2D eigenvalue weighted by atomic mass is 10.7. The van der Waals surface area contributed by atoms with Crippen LogP contribution in [0.5, 0.6) is 0 Å². The first-order valence-electron chi connectivity index (χ1n) is 3.62. The first-order valence-corrected chi connectivity index (χ1v) is 3.62. The van der Waals surface area contributed by atoms with Crippen molar-refractivity contribution >= 4 is 12.4 Å². The van der Waals surface area contributed by atoms with Crippen LogP contribution in [0.3, 0.4) is 0 Å². The summed E-state index contributed by atoms with van der Waals surface area (Å²) in [7, 11) is 0. The van der Waals surface area contributed by atoms with Crippen molar-refractivity contribution in [2.45, 2.75) is 0 Å². The Bertz CT molecular complexity index is 308. The van der Waals surface area contributed by atoms with Crippen molar-refractivity contribution < 1.29 is 0 Å². The minimum Gasteiger partial charge on any atom is -0.247 e. The summed E-state index contributed by atoms with van der Waals surface area (Å²) in [4.78, 5) is 0. The van der Waals surface area contributed by atoms with Crippen LogP contribution in [0.2, 0.25) is 0 Å². The minimum absolute atomic E-state index is 1.71. The zero-order valence-corrected chi connectivity index (χ0v) is 6.41. The van der Waals surface area contributed by atoms with Crippen molar-refractivity contribution in [3.63, 3.8) is 0 Å². The van der Waals surface area contributed by atoms with Crippen LogP contribution in [0, 0.1) is 0 Å². The van der Waals surface area contributed by atoms with Crippen LogP contribution >= 0.6 is 0 Å². The van der Waals surface area contributed by atoms with Crippen LogP contribution < -0.4 is 0 Å². The Balaban J connectivity index is 2.14. The molecule has 0 aliphatic rings. The lowest BCUT2D eigenvalue weighted by molar-refractivity contribution is 0.906. The summed E-state index contributed by atoms with van der Waals surface area (Å²) >= 11 is 0. The van der Waals surface area contributed by atoms with Gasteiger partial charge in [0.1, 0.15) is 0 Å². The third-order valence-electron chi connectivity index (χ3n) is 1.42. The van der Waals surface area contributed by atoms with Crippen molar-refractivity contribution in [2.75, 3.05) is 0 Å². The van der Waals surface area contributed by atoms with Crippen LogP contribution in [0.15, 0.2) is 36.9 Å². The molecule has 2 heterocycles. The lowest BCUT2D eigenvalue weighted by Crippen LogP contribution is -1.89. The van der Waals surface area contributed by atoms with E-state index in [4.69, 9.17) is 0 Å². The van der Waals surface area contributed by atoms with E-state index >= 15 is 0 Å². The van der Waals surface area contributed by atoms with E-state index in [-0.39, 0.29) is 0 Å². The third kappa shape index (κ3) is 1.42. The predicted molar refractivity (Wildman–Crippen MR) is 46.0 cm³/mol. The molecule has 12 heavy (non-hydrogen) atoms. The Kier molecular flexibility index (Phi) is 1.74. The van der Waals surface area contributed by atoms with Gasteiger partial charge in [-0.15, -0.1) is 0 Å². The lowest BCUT2D eigenvalue weighted by Gasteiger charge is -1.90. The Hall–Kier alpha value is -1.84. The van der Waals surface area contributed by atoms with Gasteiger partial charge in [0.15, 0.2) is 0 Å². The Labute approximate surface area is 69.7 Å². The molecule has 0 aliphatic heterocycles. The zero-order valence-electron chi connectivity index (χ0n) is 6.41. The highest BCUT2D eigenvalue weighted by Crippen LogP contribution is 1.89. The summed E-state index contributed by atoms with van der Waals surface area (Å²) in [5, 5.41) is 8.01. The van der Waals surface area contributed by atoms with Crippen LogP contribution in [0.4, 0.5) is 0 Å². The standard InChI is InChI=1S/C8H8N4/c1-3-9-11(5-1)7-8-12-6-2-4-10-12/h1-8H/b8-7-. The molecule has 0 unspecified atom stereocenters. The topological polar surface area (TPSA) is 35.6 Å². The summed E-state index contributed by atoms with van der Waals surface area (Å²) in [5.41, 5.74) is 0. The second kappa shape index (κ2) is 3.04. The summed E-state index contributed by atoms with van der Waals surface area (Å²) in [6.07, 6.45) is 10.8. The molecular formula is C8H8N4. The highest BCUT2D eigenvalue weighted by Gasteiger charge is 1.82. The Morgan fingerprint density at radius 1 is 0.833 bits per heavy atom. The van der Waals surface area contributed by atoms with E-state index in [1.807, 2.05) is 36.9 Å². The van der Waals surface area contributed by atoms with E-state index in [0.717, 1.165) is 0 Å². The zero-order chi connectivity index (χ0) is 8.23. The fraction of sp³-hybridized carbons (Fsp3) is 0. The summed E-state index contributed by atoms with van der Waals surface area (Å²) < 4.78 is 3.42. The number of rotatable bonds is 2. The van der Waals surface area contributed by atoms with Crippen LogP contribution in [-0.4, -0.2) is 19.6 Å².